The summed E-state index contributed by atoms with van der Waals surface area (Å²) in [6.07, 6.45) is 3.91. The van der Waals surface area contributed by atoms with Crippen molar-refractivity contribution in [1.29, 1.82) is 0 Å². The van der Waals surface area contributed by atoms with Gasteiger partial charge in [-0.25, -0.2) is 0 Å². The fourth-order valence-electron chi connectivity index (χ4n) is 1.67. The summed E-state index contributed by atoms with van der Waals surface area (Å²) in [4.78, 5) is 0. The van der Waals surface area contributed by atoms with Crippen LogP contribution in [0.2, 0.25) is 12.1 Å². The summed E-state index contributed by atoms with van der Waals surface area (Å²) in [5, 5.41) is 18.0. The van der Waals surface area contributed by atoms with Crippen LogP contribution in [0.4, 0.5) is 0 Å². The maximum atomic E-state index is 9.29. The van der Waals surface area contributed by atoms with Gasteiger partial charge in [-0.15, -0.1) is 0 Å². The first-order valence-corrected chi connectivity index (χ1v) is 6.43. The van der Waals surface area contributed by atoms with E-state index in [1.54, 1.807) is 0 Å². The molecule has 60 valence electrons. The maximum Gasteiger partial charge on any atom is 0.0743 e. The average Bonchev–Trinajstić information content (AvgIpc) is 2.05. The molecule has 0 bridgehead atoms. The summed E-state index contributed by atoms with van der Waals surface area (Å²) in [6.45, 7) is -0.00309. The SMILES string of the molecule is OCC(O)[SiH]1CCCCC1. The number of aliphatic hydroxyl groups excluding tert-OH is 2. The van der Waals surface area contributed by atoms with Crippen LogP contribution < -0.4 is 0 Å². The van der Waals surface area contributed by atoms with E-state index in [1.807, 2.05) is 0 Å². The number of aliphatic hydroxyl groups is 2. The molecule has 0 spiro atoms. The predicted octanol–water partition coefficient (Wildman–Crippen LogP) is 0.290. The first kappa shape index (κ1) is 8.24. The number of hydrogen-bond acceptors (Lipinski definition) is 2. The molecule has 0 amide bonds. The highest BCUT2D eigenvalue weighted by atomic mass is 28.3. The van der Waals surface area contributed by atoms with Gasteiger partial charge in [0.1, 0.15) is 0 Å². The summed E-state index contributed by atoms with van der Waals surface area (Å²) >= 11 is 0. The molecule has 1 fully saturated rings. The predicted molar refractivity (Wildman–Crippen MR) is 43.7 cm³/mol. The van der Waals surface area contributed by atoms with Gasteiger partial charge >= 0.3 is 0 Å². The largest absolute Gasteiger partial charge is 0.395 e. The van der Waals surface area contributed by atoms with Gasteiger partial charge in [0.25, 0.3) is 0 Å². The van der Waals surface area contributed by atoms with Crippen LogP contribution in [0.5, 0.6) is 0 Å². The van der Waals surface area contributed by atoms with E-state index in [1.165, 1.54) is 31.4 Å². The first-order chi connectivity index (χ1) is 4.84. The molecule has 3 heteroatoms. The van der Waals surface area contributed by atoms with Crippen LogP contribution in [0, 0.1) is 0 Å². The van der Waals surface area contributed by atoms with Gasteiger partial charge in [0.15, 0.2) is 0 Å². The molecule has 10 heavy (non-hydrogen) atoms. The van der Waals surface area contributed by atoms with Crippen LogP contribution in [-0.2, 0) is 0 Å². The molecule has 0 aliphatic carbocycles. The lowest BCUT2D eigenvalue weighted by Crippen LogP contribution is -2.35. The molecule has 1 unspecified atom stereocenters. The van der Waals surface area contributed by atoms with E-state index in [0.717, 1.165) is 0 Å². The van der Waals surface area contributed by atoms with Gasteiger partial charge < -0.3 is 10.2 Å². The maximum absolute atomic E-state index is 9.29. The Hall–Kier alpha value is 0.137. The first-order valence-electron chi connectivity index (χ1n) is 4.13. The van der Waals surface area contributed by atoms with Crippen molar-refractivity contribution in [3.05, 3.63) is 0 Å². The topological polar surface area (TPSA) is 40.5 Å². The van der Waals surface area contributed by atoms with Gasteiger partial charge in [0.05, 0.1) is 21.1 Å². The van der Waals surface area contributed by atoms with Gasteiger partial charge in [-0.2, -0.15) is 0 Å². The van der Waals surface area contributed by atoms with Crippen LogP contribution in [0.3, 0.4) is 0 Å². The minimum absolute atomic E-state index is 0.00309. The molecule has 0 aromatic rings. The molecule has 0 aromatic heterocycles. The van der Waals surface area contributed by atoms with Crippen molar-refractivity contribution in [1.82, 2.24) is 0 Å². The number of hydrogen-bond donors (Lipinski definition) is 2. The second kappa shape index (κ2) is 4.11. The third-order valence-electron chi connectivity index (χ3n) is 2.38. The molecule has 1 aliphatic heterocycles. The highest BCUT2D eigenvalue weighted by Gasteiger charge is 2.21. The van der Waals surface area contributed by atoms with E-state index in [2.05, 4.69) is 0 Å². The summed E-state index contributed by atoms with van der Waals surface area (Å²) in [6, 6.07) is 2.48. The van der Waals surface area contributed by atoms with Gasteiger partial charge in [0.2, 0.25) is 0 Å². The molecule has 0 radical (unpaired) electrons. The van der Waals surface area contributed by atoms with Crippen molar-refractivity contribution < 1.29 is 10.2 Å². The molecule has 2 N–H and O–H groups in total. The molecule has 1 saturated heterocycles. The normalized spacial score (nSPS) is 24.6. The average molecular weight is 160 g/mol. The summed E-state index contributed by atoms with van der Waals surface area (Å²) in [5.41, 5.74) is -0.319. The third kappa shape index (κ3) is 2.07. The molecule has 1 atom stereocenters. The molecule has 0 saturated carbocycles. The Kier molecular flexibility index (Phi) is 3.38. The van der Waals surface area contributed by atoms with Crippen molar-refractivity contribution in [2.24, 2.45) is 0 Å². The second-order valence-electron chi connectivity index (χ2n) is 3.15. The van der Waals surface area contributed by atoms with E-state index >= 15 is 0 Å². The third-order valence-corrected chi connectivity index (χ3v) is 5.98. The summed E-state index contributed by atoms with van der Waals surface area (Å²) in [7, 11) is -0.915. The Balaban J connectivity index is 2.24. The fourth-order valence-corrected chi connectivity index (χ4v) is 4.65. The molecular weight excluding hydrogens is 144 g/mol. The van der Waals surface area contributed by atoms with E-state index in [0.29, 0.717) is 0 Å². The summed E-state index contributed by atoms with van der Waals surface area (Å²) < 4.78 is 0. The van der Waals surface area contributed by atoms with Crippen LogP contribution >= 0.6 is 0 Å². The quantitative estimate of drug-likeness (QED) is 0.570. The van der Waals surface area contributed by atoms with Crippen molar-refractivity contribution in [3.8, 4) is 0 Å². The molecule has 1 rings (SSSR count). The second-order valence-corrected chi connectivity index (χ2v) is 6.59. The monoisotopic (exact) mass is 160 g/mol. The highest BCUT2D eigenvalue weighted by Crippen LogP contribution is 2.20. The molecular formula is C7H16O2Si. The Morgan fingerprint density at radius 3 is 2.30 bits per heavy atom. The standard InChI is InChI=1S/C7H16O2Si/c8-6-7(9)10-4-2-1-3-5-10/h7-10H,1-6H2. The summed E-state index contributed by atoms with van der Waals surface area (Å²) in [5.74, 6) is 0. The zero-order chi connectivity index (χ0) is 7.40. The minimum Gasteiger partial charge on any atom is -0.395 e. The molecule has 2 nitrogen and oxygen atoms in total. The van der Waals surface area contributed by atoms with Gasteiger partial charge in [-0.1, -0.05) is 31.4 Å². The van der Waals surface area contributed by atoms with E-state index in [9.17, 15) is 5.11 Å². The highest BCUT2D eigenvalue weighted by molar-refractivity contribution is 6.60. The lowest BCUT2D eigenvalue weighted by Gasteiger charge is -2.23. The molecule has 1 heterocycles. The van der Waals surface area contributed by atoms with Gasteiger partial charge in [0, 0.05) is 0 Å². The number of rotatable bonds is 2. The van der Waals surface area contributed by atoms with E-state index in [-0.39, 0.29) is 12.3 Å². The molecule has 1 aliphatic rings. The Labute approximate surface area is 63.5 Å². The van der Waals surface area contributed by atoms with Gasteiger partial charge in [-0.05, 0) is 0 Å². The van der Waals surface area contributed by atoms with Crippen molar-refractivity contribution in [2.75, 3.05) is 6.61 Å². The van der Waals surface area contributed by atoms with Crippen LogP contribution in [0.1, 0.15) is 19.3 Å². The Bertz CT molecular complexity index is 91.6. The van der Waals surface area contributed by atoms with Crippen molar-refractivity contribution >= 4 is 8.80 Å². The smallest absolute Gasteiger partial charge is 0.0743 e. The zero-order valence-corrected chi connectivity index (χ0v) is 7.45. The van der Waals surface area contributed by atoms with Gasteiger partial charge in [-0.3, -0.25) is 0 Å². The van der Waals surface area contributed by atoms with E-state index in [4.69, 9.17) is 5.11 Å². The van der Waals surface area contributed by atoms with E-state index < -0.39 is 8.80 Å². The van der Waals surface area contributed by atoms with Crippen LogP contribution in [0.15, 0.2) is 0 Å². The van der Waals surface area contributed by atoms with Crippen LogP contribution in [0.25, 0.3) is 0 Å². The van der Waals surface area contributed by atoms with Crippen molar-refractivity contribution in [2.45, 2.75) is 37.1 Å². The Morgan fingerprint density at radius 2 is 1.80 bits per heavy atom. The molecule has 0 aromatic carbocycles. The minimum atomic E-state index is -0.915. The van der Waals surface area contributed by atoms with Crippen LogP contribution in [-0.4, -0.2) is 31.3 Å². The lowest BCUT2D eigenvalue weighted by atomic mass is 10.3. The lowest BCUT2D eigenvalue weighted by molar-refractivity contribution is 0.147. The Morgan fingerprint density at radius 1 is 1.20 bits per heavy atom. The fraction of sp³-hybridized carbons (Fsp3) is 1.00. The van der Waals surface area contributed by atoms with Crippen molar-refractivity contribution in [3.63, 3.8) is 0 Å². The zero-order valence-electron chi connectivity index (χ0n) is 6.29.